The number of hydrogen-bond donors (Lipinski definition) is 2. The lowest BCUT2D eigenvalue weighted by Crippen LogP contribution is -2.05. The lowest BCUT2D eigenvalue weighted by molar-refractivity contribution is 1.22. The summed E-state index contributed by atoms with van der Waals surface area (Å²) in [5.41, 5.74) is 4.17. The lowest BCUT2D eigenvalue weighted by Gasteiger charge is -2.15. The van der Waals surface area contributed by atoms with Crippen LogP contribution >= 0.6 is 0 Å². The van der Waals surface area contributed by atoms with Crippen molar-refractivity contribution in [1.29, 1.82) is 5.26 Å². The van der Waals surface area contributed by atoms with Crippen LogP contribution in [0.2, 0.25) is 0 Å². The number of nitriles is 1. The molecule has 3 aromatic rings. The van der Waals surface area contributed by atoms with Crippen LogP contribution in [0.5, 0.6) is 0 Å². The maximum atomic E-state index is 9.88. The van der Waals surface area contributed by atoms with Gasteiger partial charge in [0.05, 0.1) is 0 Å². The van der Waals surface area contributed by atoms with E-state index >= 15 is 0 Å². The zero-order valence-corrected chi connectivity index (χ0v) is 16.7. The molecule has 4 nitrogen and oxygen atoms in total. The number of hydrogen-bond acceptors (Lipinski definition) is 4. The Hall–Kier alpha value is -3.84. The summed E-state index contributed by atoms with van der Waals surface area (Å²) in [6.07, 6.45) is 7.02. The first-order valence-corrected chi connectivity index (χ1v) is 9.64. The predicted octanol–water partition coefficient (Wildman–Crippen LogP) is 6.65. The Labute approximate surface area is 172 Å². The molecular weight excluding hydrogens is 356 g/mol. The average Bonchev–Trinajstić information content (AvgIpc) is 2.75. The van der Waals surface area contributed by atoms with E-state index in [0.717, 1.165) is 28.9 Å². The largest absolute Gasteiger partial charge is 0.343 e. The molecule has 0 unspecified atom stereocenters. The van der Waals surface area contributed by atoms with E-state index in [1.54, 1.807) is 0 Å². The Kier molecular flexibility index (Phi) is 6.80. The molecule has 144 valence electrons. The topological polar surface area (TPSA) is 60.7 Å². The van der Waals surface area contributed by atoms with Gasteiger partial charge in [-0.1, -0.05) is 67.6 Å². The summed E-state index contributed by atoms with van der Waals surface area (Å²) in [6, 6.07) is 24.0. The zero-order chi connectivity index (χ0) is 20.5. The van der Waals surface area contributed by atoms with Gasteiger partial charge in [-0.3, -0.25) is 0 Å². The number of rotatable bonds is 7. The van der Waals surface area contributed by atoms with E-state index in [2.05, 4.69) is 34.7 Å². The van der Waals surface area contributed by atoms with Crippen molar-refractivity contribution in [2.24, 2.45) is 0 Å². The Balaban J connectivity index is 2.07. The van der Waals surface area contributed by atoms with E-state index < -0.39 is 0 Å². The molecule has 0 radical (unpaired) electrons. The van der Waals surface area contributed by atoms with Gasteiger partial charge in [0.25, 0.3) is 0 Å². The van der Waals surface area contributed by atoms with Gasteiger partial charge in [-0.2, -0.15) is 5.26 Å². The quantitative estimate of drug-likeness (QED) is 0.451. The van der Waals surface area contributed by atoms with E-state index in [9.17, 15) is 5.26 Å². The van der Waals surface area contributed by atoms with E-state index in [-0.39, 0.29) is 0 Å². The molecule has 0 aliphatic heterocycles. The molecule has 0 spiro atoms. The summed E-state index contributed by atoms with van der Waals surface area (Å²) >= 11 is 0. The molecule has 0 aliphatic rings. The minimum Gasteiger partial charge on any atom is -0.343 e. The van der Waals surface area contributed by atoms with Crippen molar-refractivity contribution in [3.63, 3.8) is 0 Å². The second kappa shape index (κ2) is 9.91. The lowest BCUT2D eigenvalue weighted by atomic mass is 10.0. The molecule has 0 aliphatic carbocycles. The highest BCUT2D eigenvalue weighted by molar-refractivity contribution is 5.80. The van der Waals surface area contributed by atoms with Gasteiger partial charge < -0.3 is 10.6 Å². The Morgan fingerprint density at radius 3 is 2.41 bits per heavy atom. The molecular formula is C25H24N4. The van der Waals surface area contributed by atoms with Crippen LogP contribution in [0.4, 0.5) is 17.3 Å². The first kappa shape index (κ1) is 19.9. The van der Waals surface area contributed by atoms with E-state index in [4.69, 9.17) is 0 Å². The number of aromatic nitrogens is 1. The molecule has 0 saturated carbocycles. The standard InChI is InChI=1S/C25H24N4/c1-3-4-7-12-19(2)27-25-23(18-26)22(20-13-8-5-9-14-20)17-24(29-25)28-21-15-10-6-11-16-21/h4-17H,3H2,1-2H3,(H2,27,28,29)/b7-4-,19-12+. The highest BCUT2D eigenvalue weighted by Crippen LogP contribution is 2.32. The maximum absolute atomic E-state index is 9.88. The van der Waals surface area contributed by atoms with E-state index in [1.165, 1.54) is 0 Å². The summed E-state index contributed by atoms with van der Waals surface area (Å²) in [4.78, 5) is 4.68. The molecule has 0 amide bonds. The van der Waals surface area contributed by atoms with Crippen molar-refractivity contribution in [1.82, 2.24) is 4.98 Å². The van der Waals surface area contributed by atoms with E-state index in [1.807, 2.05) is 85.8 Å². The monoisotopic (exact) mass is 380 g/mol. The minimum atomic E-state index is 0.516. The van der Waals surface area contributed by atoms with Crippen LogP contribution in [0.15, 0.2) is 90.7 Å². The molecule has 0 atom stereocenters. The fourth-order valence-electron chi connectivity index (χ4n) is 2.90. The number of anilines is 3. The van der Waals surface area contributed by atoms with Crippen molar-refractivity contribution in [2.45, 2.75) is 20.3 Å². The molecule has 1 heterocycles. The number of nitrogens with zero attached hydrogens (tertiary/aromatic N) is 2. The van der Waals surface area contributed by atoms with Gasteiger partial charge >= 0.3 is 0 Å². The highest BCUT2D eigenvalue weighted by atomic mass is 15.1. The van der Waals surface area contributed by atoms with Crippen LogP contribution in [0.3, 0.4) is 0 Å². The van der Waals surface area contributed by atoms with E-state index in [0.29, 0.717) is 17.2 Å². The molecule has 0 saturated heterocycles. The van der Waals surface area contributed by atoms with Crippen LogP contribution in [0.25, 0.3) is 11.1 Å². The van der Waals surface area contributed by atoms with Crippen molar-refractivity contribution in [2.75, 3.05) is 10.6 Å². The second-order valence-electron chi connectivity index (χ2n) is 6.56. The Morgan fingerprint density at radius 1 is 1.07 bits per heavy atom. The molecule has 29 heavy (non-hydrogen) atoms. The van der Waals surface area contributed by atoms with Gasteiger partial charge in [0, 0.05) is 16.9 Å². The SMILES string of the molecule is CC/C=C\C=C(/C)Nc1nc(Nc2ccccc2)cc(-c2ccccc2)c1C#N. The normalized spacial score (nSPS) is 11.3. The predicted molar refractivity (Wildman–Crippen MR) is 121 cm³/mol. The molecule has 0 fully saturated rings. The molecule has 4 heteroatoms. The van der Waals surface area contributed by atoms with Gasteiger partial charge in [0.2, 0.25) is 0 Å². The van der Waals surface area contributed by atoms with Gasteiger partial charge in [-0.25, -0.2) is 4.98 Å². The summed E-state index contributed by atoms with van der Waals surface area (Å²) in [5.74, 6) is 1.21. The average molecular weight is 380 g/mol. The summed E-state index contributed by atoms with van der Waals surface area (Å²) in [7, 11) is 0. The smallest absolute Gasteiger partial charge is 0.151 e. The first-order valence-electron chi connectivity index (χ1n) is 9.64. The minimum absolute atomic E-state index is 0.516. The maximum Gasteiger partial charge on any atom is 0.151 e. The Bertz CT molecular complexity index is 1050. The summed E-state index contributed by atoms with van der Waals surface area (Å²) in [6.45, 7) is 4.05. The number of para-hydroxylation sites is 1. The fraction of sp³-hybridized carbons (Fsp3) is 0.120. The number of benzene rings is 2. The first-order chi connectivity index (χ1) is 14.2. The van der Waals surface area contributed by atoms with Crippen molar-refractivity contribution in [3.8, 4) is 17.2 Å². The second-order valence-corrected chi connectivity index (χ2v) is 6.56. The van der Waals surface area contributed by atoms with Crippen molar-refractivity contribution >= 4 is 17.3 Å². The van der Waals surface area contributed by atoms with Crippen molar-refractivity contribution < 1.29 is 0 Å². The molecule has 2 aromatic carbocycles. The molecule has 0 bridgehead atoms. The van der Waals surface area contributed by atoms with Crippen LogP contribution in [-0.4, -0.2) is 4.98 Å². The van der Waals surface area contributed by atoms with Crippen LogP contribution in [0.1, 0.15) is 25.8 Å². The van der Waals surface area contributed by atoms with Gasteiger partial charge in [-0.05, 0) is 43.2 Å². The van der Waals surface area contributed by atoms with Crippen LogP contribution in [-0.2, 0) is 0 Å². The summed E-state index contributed by atoms with van der Waals surface area (Å²) in [5, 5.41) is 16.5. The van der Waals surface area contributed by atoms with Gasteiger partial charge in [0.15, 0.2) is 5.82 Å². The fourth-order valence-corrected chi connectivity index (χ4v) is 2.90. The summed E-state index contributed by atoms with van der Waals surface area (Å²) < 4.78 is 0. The van der Waals surface area contributed by atoms with Crippen LogP contribution in [0, 0.1) is 11.3 Å². The number of nitrogens with one attached hydrogen (secondary N) is 2. The highest BCUT2D eigenvalue weighted by Gasteiger charge is 2.14. The Morgan fingerprint density at radius 2 is 1.76 bits per heavy atom. The van der Waals surface area contributed by atoms with Gasteiger partial charge in [0.1, 0.15) is 17.5 Å². The molecule has 2 N–H and O–H groups in total. The third-order valence-corrected chi connectivity index (χ3v) is 4.30. The number of pyridine rings is 1. The third kappa shape index (κ3) is 5.33. The van der Waals surface area contributed by atoms with Crippen molar-refractivity contribution in [3.05, 3.63) is 96.2 Å². The molecule has 1 aromatic heterocycles. The van der Waals surface area contributed by atoms with Gasteiger partial charge in [-0.15, -0.1) is 0 Å². The zero-order valence-electron chi connectivity index (χ0n) is 16.7. The van der Waals surface area contributed by atoms with Crippen LogP contribution < -0.4 is 10.6 Å². The molecule has 3 rings (SSSR count). The third-order valence-electron chi connectivity index (χ3n) is 4.30. The number of allylic oxidation sites excluding steroid dienone is 4.